The highest BCUT2D eigenvalue weighted by Crippen LogP contribution is 2.14. The summed E-state index contributed by atoms with van der Waals surface area (Å²) >= 11 is 0. The van der Waals surface area contributed by atoms with E-state index < -0.39 is 15.9 Å². The van der Waals surface area contributed by atoms with Crippen LogP contribution >= 0.6 is 0 Å². The summed E-state index contributed by atoms with van der Waals surface area (Å²) in [6.45, 7) is 0.580. The number of hydrogen-bond donors (Lipinski definition) is 1. The lowest BCUT2D eigenvalue weighted by Gasteiger charge is -2.22. The lowest BCUT2D eigenvalue weighted by molar-refractivity contribution is 0.0304. The highest BCUT2D eigenvalue weighted by Gasteiger charge is 2.24. The van der Waals surface area contributed by atoms with Crippen LogP contribution in [-0.4, -0.2) is 42.6 Å². The highest BCUT2D eigenvalue weighted by atomic mass is 32.2. The summed E-state index contributed by atoms with van der Waals surface area (Å²) in [4.78, 5) is 11.7. The van der Waals surface area contributed by atoms with Crippen molar-refractivity contribution in [1.29, 1.82) is 0 Å². The molecule has 2 rings (SSSR count). The first-order valence-electron chi connectivity index (χ1n) is 6.11. The molecule has 0 aromatic carbocycles. The average Bonchev–Trinajstić information content (AvgIpc) is 2.76. The third-order valence-electron chi connectivity index (χ3n) is 2.89. The van der Waals surface area contributed by atoms with Crippen LogP contribution in [0.5, 0.6) is 0 Å². The molecular formula is C11H17N3O4S. The first kappa shape index (κ1) is 14.0. The van der Waals surface area contributed by atoms with Gasteiger partial charge in [0.15, 0.2) is 0 Å². The van der Waals surface area contributed by atoms with E-state index in [2.05, 4.69) is 5.10 Å². The molecule has 1 N–H and O–H groups in total. The average molecular weight is 287 g/mol. The Bertz CT molecular complexity index is 546. The van der Waals surface area contributed by atoms with E-state index in [0.717, 1.165) is 12.8 Å². The second kappa shape index (κ2) is 5.70. The fourth-order valence-corrected chi connectivity index (χ4v) is 3.20. The molecule has 7 nitrogen and oxygen atoms in total. The van der Waals surface area contributed by atoms with Crippen LogP contribution < -0.4 is 4.72 Å². The van der Waals surface area contributed by atoms with Gasteiger partial charge in [-0.2, -0.15) is 5.10 Å². The van der Waals surface area contributed by atoms with Crippen LogP contribution in [0.25, 0.3) is 0 Å². The lowest BCUT2D eigenvalue weighted by Crippen LogP contribution is -2.38. The number of amides is 1. The van der Waals surface area contributed by atoms with Crippen LogP contribution in [-0.2, 0) is 21.8 Å². The second-order valence-electron chi connectivity index (χ2n) is 4.60. The Balaban J connectivity index is 1.94. The van der Waals surface area contributed by atoms with E-state index in [0.29, 0.717) is 13.0 Å². The third-order valence-corrected chi connectivity index (χ3v) is 4.20. The predicted molar refractivity (Wildman–Crippen MR) is 68.1 cm³/mol. The Labute approximate surface area is 112 Å². The standard InChI is InChI=1S/C11H17N3O4S/c1-14-7-9(6-12-14)11(15)13-19(16,17)8-10-4-2-3-5-18-10/h6-7,10H,2-5,8H2,1H3,(H,13,15). The SMILES string of the molecule is Cn1cc(C(=O)NS(=O)(=O)CC2CCCCO2)cn1. The van der Waals surface area contributed by atoms with Crippen LogP contribution in [0.3, 0.4) is 0 Å². The number of hydrogen-bond acceptors (Lipinski definition) is 5. The van der Waals surface area contributed by atoms with Crippen LogP contribution in [0.4, 0.5) is 0 Å². The molecular weight excluding hydrogens is 270 g/mol. The molecule has 1 amide bonds. The van der Waals surface area contributed by atoms with Crippen molar-refractivity contribution in [2.24, 2.45) is 7.05 Å². The molecule has 2 heterocycles. The molecule has 0 saturated carbocycles. The van der Waals surface area contributed by atoms with Crippen molar-refractivity contribution in [1.82, 2.24) is 14.5 Å². The number of carbonyl (C=O) groups is 1. The Morgan fingerprint density at radius 2 is 2.37 bits per heavy atom. The summed E-state index contributed by atoms with van der Waals surface area (Å²) in [6.07, 6.45) is 5.08. The fourth-order valence-electron chi connectivity index (χ4n) is 1.96. The molecule has 8 heteroatoms. The van der Waals surface area contributed by atoms with Crippen molar-refractivity contribution < 1.29 is 17.9 Å². The minimum absolute atomic E-state index is 0.182. The zero-order valence-electron chi connectivity index (χ0n) is 10.7. The molecule has 1 aliphatic heterocycles. The normalized spacial score (nSPS) is 20.2. The van der Waals surface area contributed by atoms with Crippen LogP contribution in [0, 0.1) is 0 Å². The minimum Gasteiger partial charge on any atom is -0.377 e. The van der Waals surface area contributed by atoms with Crippen LogP contribution in [0.15, 0.2) is 12.4 Å². The Morgan fingerprint density at radius 3 is 2.95 bits per heavy atom. The summed E-state index contributed by atoms with van der Waals surface area (Å²) < 4.78 is 32.5. The van der Waals surface area contributed by atoms with Crippen molar-refractivity contribution in [3.63, 3.8) is 0 Å². The van der Waals surface area contributed by atoms with Gasteiger partial charge in [0.2, 0.25) is 10.0 Å². The van der Waals surface area contributed by atoms with E-state index in [4.69, 9.17) is 4.74 Å². The summed E-state index contributed by atoms with van der Waals surface area (Å²) in [5.74, 6) is -0.845. The summed E-state index contributed by atoms with van der Waals surface area (Å²) in [5, 5.41) is 3.82. The van der Waals surface area contributed by atoms with Crippen LogP contribution in [0.2, 0.25) is 0 Å². The van der Waals surface area contributed by atoms with Crippen molar-refractivity contribution in [3.05, 3.63) is 18.0 Å². The van der Waals surface area contributed by atoms with Crippen molar-refractivity contribution in [2.75, 3.05) is 12.4 Å². The molecule has 1 fully saturated rings. The third kappa shape index (κ3) is 4.03. The molecule has 1 aromatic rings. The lowest BCUT2D eigenvalue weighted by atomic mass is 10.1. The first-order chi connectivity index (χ1) is 8.96. The van der Waals surface area contributed by atoms with Gasteiger partial charge < -0.3 is 4.74 Å². The second-order valence-corrected chi connectivity index (χ2v) is 6.37. The quantitative estimate of drug-likeness (QED) is 0.845. The molecule has 0 radical (unpaired) electrons. The molecule has 106 valence electrons. The maximum absolute atomic E-state index is 11.9. The van der Waals surface area contributed by atoms with Gasteiger partial charge in [0.05, 0.1) is 23.6 Å². The Kier molecular flexibility index (Phi) is 4.20. The maximum atomic E-state index is 11.9. The topological polar surface area (TPSA) is 90.3 Å². The van der Waals surface area contributed by atoms with E-state index in [1.165, 1.54) is 17.1 Å². The van der Waals surface area contributed by atoms with E-state index in [9.17, 15) is 13.2 Å². The molecule has 0 bridgehead atoms. The van der Waals surface area contributed by atoms with Gasteiger partial charge in [-0.15, -0.1) is 0 Å². The largest absolute Gasteiger partial charge is 0.377 e. The Hall–Kier alpha value is -1.41. The highest BCUT2D eigenvalue weighted by molar-refractivity contribution is 7.90. The van der Waals surface area contributed by atoms with Gasteiger partial charge in [-0.25, -0.2) is 13.1 Å². The molecule has 1 unspecified atom stereocenters. The van der Waals surface area contributed by atoms with E-state index in [1.807, 2.05) is 4.72 Å². The Morgan fingerprint density at radius 1 is 1.58 bits per heavy atom. The number of nitrogens with one attached hydrogen (secondary N) is 1. The van der Waals surface area contributed by atoms with E-state index >= 15 is 0 Å². The van der Waals surface area contributed by atoms with E-state index in [-0.39, 0.29) is 17.4 Å². The fraction of sp³-hybridized carbons (Fsp3) is 0.636. The van der Waals surface area contributed by atoms with Crippen LogP contribution in [0.1, 0.15) is 29.6 Å². The summed E-state index contributed by atoms with van der Waals surface area (Å²) in [7, 11) is -2.03. The van der Waals surface area contributed by atoms with Gasteiger partial charge in [-0.3, -0.25) is 9.48 Å². The van der Waals surface area contributed by atoms with Gasteiger partial charge in [0.25, 0.3) is 5.91 Å². The molecule has 0 spiro atoms. The van der Waals surface area contributed by atoms with Gasteiger partial charge in [-0.05, 0) is 19.3 Å². The van der Waals surface area contributed by atoms with Gasteiger partial charge in [-0.1, -0.05) is 0 Å². The number of carbonyl (C=O) groups excluding carboxylic acids is 1. The van der Waals surface area contributed by atoms with Gasteiger partial charge >= 0.3 is 0 Å². The maximum Gasteiger partial charge on any atom is 0.267 e. The van der Waals surface area contributed by atoms with E-state index in [1.54, 1.807) is 7.05 Å². The smallest absolute Gasteiger partial charge is 0.267 e. The molecule has 0 aliphatic carbocycles. The summed E-state index contributed by atoms with van der Waals surface area (Å²) in [6, 6.07) is 0. The first-order valence-corrected chi connectivity index (χ1v) is 7.76. The number of aryl methyl sites for hydroxylation is 1. The zero-order valence-corrected chi connectivity index (χ0v) is 11.5. The molecule has 1 saturated heterocycles. The van der Waals surface area contributed by atoms with Gasteiger partial charge in [0.1, 0.15) is 0 Å². The number of ether oxygens (including phenoxy) is 1. The number of nitrogens with zero attached hydrogens (tertiary/aromatic N) is 2. The molecule has 19 heavy (non-hydrogen) atoms. The number of sulfonamides is 1. The van der Waals surface area contributed by atoms with Crippen molar-refractivity contribution in [3.8, 4) is 0 Å². The number of rotatable bonds is 4. The molecule has 1 aromatic heterocycles. The predicted octanol–water partition coefficient (Wildman–Crippen LogP) is 0.0488. The van der Waals surface area contributed by atoms with Crippen molar-refractivity contribution >= 4 is 15.9 Å². The van der Waals surface area contributed by atoms with Crippen molar-refractivity contribution in [2.45, 2.75) is 25.4 Å². The monoisotopic (exact) mass is 287 g/mol. The van der Waals surface area contributed by atoms with Gasteiger partial charge in [0, 0.05) is 19.9 Å². The minimum atomic E-state index is -3.68. The zero-order chi connectivity index (χ0) is 13.9. The summed E-state index contributed by atoms with van der Waals surface area (Å²) in [5.41, 5.74) is 0.218. The molecule has 1 aliphatic rings. The molecule has 1 atom stereocenters. The number of aromatic nitrogens is 2.